The molecule has 1 atom stereocenters. The molecule has 0 spiro atoms. The molecule has 38 heavy (non-hydrogen) atoms. The molecule has 0 bridgehead atoms. The number of carbonyl (C=O) groups excluding carboxylic acids is 1. The van der Waals surface area contributed by atoms with Crippen LogP contribution in [0.3, 0.4) is 0 Å². The van der Waals surface area contributed by atoms with Gasteiger partial charge in [-0.1, -0.05) is 38.1 Å². The van der Waals surface area contributed by atoms with E-state index in [9.17, 15) is 10.1 Å². The Morgan fingerprint density at radius 1 is 1.18 bits per heavy atom. The summed E-state index contributed by atoms with van der Waals surface area (Å²) in [7, 11) is 0. The van der Waals surface area contributed by atoms with E-state index < -0.39 is 0 Å². The highest BCUT2D eigenvalue weighted by atomic mass is 16.5. The van der Waals surface area contributed by atoms with Crippen LogP contribution < -0.4 is 10.5 Å². The van der Waals surface area contributed by atoms with Crippen LogP contribution in [0.5, 0.6) is 11.5 Å². The number of piperidine rings is 1. The molecule has 2 aromatic heterocycles. The zero-order chi connectivity index (χ0) is 26.6. The lowest BCUT2D eigenvalue weighted by atomic mass is 9.92. The molecule has 0 aliphatic carbocycles. The Bertz CT molecular complexity index is 1520. The molecule has 3 N–H and O–H groups in total. The Morgan fingerprint density at radius 3 is 2.63 bits per heavy atom. The highest BCUT2D eigenvalue weighted by molar-refractivity contribution is 6.00. The second kappa shape index (κ2) is 10.8. The van der Waals surface area contributed by atoms with E-state index in [0.29, 0.717) is 18.9 Å². The monoisotopic (exact) mass is 506 g/mol. The molecule has 3 heterocycles. The van der Waals surface area contributed by atoms with Crippen LogP contribution in [-0.2, 0) is 4.79 Å². The fourth-order valence-electron chi connectivity index (χ4n) is 4.88. The van der Waals surface area contributed by atoms with Crippen molar-refractivity contribution in [1.29, 1.82) is 5.26 Å². The zero-order valence-corrected chi connectivity index (χ0v) is 21.5. The summed E-state index contributed by atoms with van der Waals surface area (Å²) in [6.45, 7) is 5.05. The van der Waals surface area contributed by atoms with Crippen molar-refractivity contribution in [2.24, 2.45) is 5.92 Å². The summed E-state index contributed by atoms with van der Waals surface area (Å²) in [6, 6.07) is 21.4. The summed E-state index contributed by atoms with van der Waals surface area (Å²) >= 11 is 0. The number of para-hydroxylation sites is 1. The molecular weight excluding hydrogens is 476 g/mol. The molecule has 0 unspecified atom stereocenters. The molecule has 1 aliphatic rings. The van der Waals surface area contributed by atoms with Gasteiger partial charge in [0.1, 0.15) is 23.1 Å². The van der Waals surface area contributed by atoms with Gasteiger partial charge in [-0.15, -0.1) is 0 Å². The standard InChI is InChI=1S/C30H30N6O2/c1-19(2)15-22(17-31)30(37)36-14-6-7-21(18-36)25-16-26-27(29(32)35-34-26)28(33-25)20-10-12-24(13-11-20)38-23-8-4-3-5-9-23/h3-5,8-13,15-16,19,21H,6-7,14,18H2,1-2H3,(H3,32,34,35)/b22-15-/t21-/m1/s1. The molecule has 8 heteroatoms. The summed E-state index contributed by atoms with van der Waals surface area (Å²) in [5, 5.41) is 17.6. The molecule has 4 aromatic rings. The third kappa shape index (κ3) is 5.23. The van der Waals surface area contributed by atoms with Crippen molar-refractivity contribution >= 4 is 22.6 Å². The minimum absolute atomic E-state index is 0.0278. The number of aromatic nitrogens is 3. The van der Waals surface area contributed by atoms with Gasteiger partial charge in [0.05, 0.1) is 16.6 Å². The normalized spacial score (nSPS) is 16.0. The van der Waals surface area contributed by atoms with Gasteiger partial charge in [0, 0.05) is 30.3 Å². The van der Waals surface area contributed by atoms with Crippen LogP contribution in [0.25, 0.3) is 22.2 Å². The first kappa shape index (κ1) is 25.0. The SMILES string of the molecule is CC(C)/C=C(/C#N)C(=O)N1CCC[C@@H](c2cc3[nH]nc(N)c3c(-c3ccc(Oc4ccccc4)cc3)n2)C1. The molecule has 8 nitrogen and oxygen atoms in total. The maximum Gasteiger partial charge on any atom is 0.264 e. The number of carbonyl (C=O) groups is 1. The van der Waals surface area contributed by atoms with Crippen LogP contribution in [0.15, 0.2) is 72.3 Å². The van der Waals surface area contributed by atoms with Gasteiger partial charge >= 0.3 is 0 Å². The fraction of sp³-hybridized carbons (Fsp3) is 0.267. The summed E-state index contributed by atoms with van der Waals surface area (Å²) in [6.07, 6.45) is 3.46. The molecule has 0 radical (unpaired) electrons. The number of pyridine rings is 1. The molecule has 1 saturated heterocycles. The molecule has 5 rings (SSSR count). The maximum atomic E-state index is 13.1. The number of fused-ring (bicyclic) bond motifs is 1. The number of ether oxygens (including phenoxy) is 1. The van der Waals surface area contributed by atoms with E-state index in [4.69, 9.17) is 15.5 Å². The molecule has 192 valence electrons. The summed E-state index contributed by atoms with van der Waals surface area (Å²) in [5.41, 5.74) is 9.71. The molecule has 1 aliphatic heterocycles. The average molecular weight is 507 g/mol. The van der Waals surface area contributed by atoms with E-state index in [1.54, 1.807) is 11.0 Å². The van der Waals surface area contributed by atoms with Gasteiger partial charge in [0.2, 0.25) is 0 Å². The number of H-pyrrole nitrogens is 1. The number of benzene rings is 2. The number of anilines is 1. The van der Waals surface area contributed by atoms with Crippen molar-refractivity contribution in [3.8, 4) is 28.8 Å². The maximum absolute atomic E-state index is 13.1. The molecule has 0 saturated carbocycles. The minimum Gasteiger partial charge on any atom is -0.457 e. The van der Waals surface area contributed by atoms with Crippen LogP contribution in [0.1, 0.15) is 38.3 Å². The second-order valence-electron chi connectivity index (χ2n) is 9.89. The third-order valence-corrected chi connectivity index (χ3v) is 6.68. The smallest absolute Gasteiger partial charge is 0.264 e. The van der Waals surface area contributed by atoms with Gasteiger partial charge in [-0.05, 0) is 61.2 Å². The van der Waals surface area contributed by atoms with Crippen molar-refractivity contribution in [1.82, 2.24) is 20.1 Å². The van der Waals surface area contributed by atoms with Crippen molar-refractivity contribution in [2.75, 3.05) is 18.8 Å². The van der Waals surface area contributed by atoms with E-state index in [-0.39, 0.29) is 23.3 Å². The molecule has 2 aromatic carbocycles. The Hall–Kier alpha value is -4.64. The fourth-order valence-corrected chi connectivity index (χ4v) is 4.88. The highest BCUT2D eigenvalue weighted by Gasteiger charge is 2.28. The Kier molecular flexibility index (Phi) is 7.09. The summed E-state index contributed by atoms with van der Waals surface area (Å²) in [5.74, 6) is 1.80. The van der Waals surface area contributed by atoms with E-state index in [2.05, 4.69) is 16.3 Å². The van der Waals surface area contributed by atoms with Gasteiger partial charge in [-0.2, -0.15) is 10.4 Å². The van der Waals surface area contributed by atoms with E-state index >= 15 is 0 Å². The number of allylic oxidation sites excluding steroid dienone is 1. The van der Waals surface area contributed by atoms with Crippen LogP contribution >= 0.6 is 0 Å². The quantitative estimate of drug-likeness (QED) is 0.251. The number of amides is 1. The first-order valence-electron chi connectivity index (χ1n) is 12.8. The van der Waals surface area contributed by atoms with Crippen LogP contribution in [0.2, 0.25) is 0 Å². The number of rotatable bonds is 6. The predicted molar refractivity (Wildman–Crippen MR) is 147 cm³/mol. The number of hydrogen-bond donors (Lipinski definition) is 2. The highest BCUT2D eigenvalue weighted by Crippen LogP contribution is 2.35. The number of nitrogens with one attached hydrogen (secondary N) is 1. The largest absolute Gasteiger partial charge is 0.457 e. The Morgan fingerprint density at radius 2 is 1.92 bits per heavy atom. The Balaban J connectivity index is 1.45. The molecule has 1 fully saturated rings. The topological polar surface area (TPSA) is 121 Å². The van der Waals surface area contributed by atoms with Crippen LogP contribution in [0.4, 0.5) is 5.82 Å². The first-order chi connectivity index (χ1) is 18.4. The lowest BCUT2D eigenvalue weighted by Gasteiger charge is -2.32. The van der Waals surface area contributed by atoms with Crippen molar-refractivity contribution in [3.63, 3.8) is 0 Å². The second-order valence-corrected chi connectivity index (χ2v) is 9.89. The number of likely N-dealkylation sites (tertiary alicyclic amines) is 1. The van der Waals surface area contributed by atoms with Gasteiger partial charge < -0.3 is 15.4 Å². The lowest BCUT2D eigenvalue weighted by molar-refractivity contribution is -0.127. The third-order valence-electron chi connectivity index (χ3n) is 6.68. The van der Waals surface area contributed by atoms with Gasteiger partial charge in [-0.3, -0.25) is 14.9 Å². The average Bonchev–Trinajstić information content (AvgIpc) is 3.32. The van der Waals surface area contributed by atoms with E-state index in [0.717, 1.165) is 52.2 Å². The number of aromatic amines is 1. The number of nitrogens with two attached hydrogens (primary N) is 1. The van der Waals surface area contributed by atoms with Crippen molar-refractivity contribution in [2.45, 2.75) is 32.6 Å². The molecular formula is C30H30N6O2. The number of hydrogen-bond acceptors (Lipinski definition) is 6. The van der Waals surface area contributed by atoms with Gasteiger partial charge in [0.15, 0.2) is 5.82 Å². The van der Waals surface area contributed by atoms with Crippen molar-refractivity contribution < 1.29 is 9.53 Å². The van der Waals surface area contributed by atoms with Crippen LogP contribution in [-0.4, -0.2) is 39.1 Å². The summed E-state index contributed by atoms with van der Waals surface area (Å²) in [4.78, 5) is 19.9. The lowest BCUT2D eigenvalue weighted by Crippen LogP contribution is -2.40. The molecule has 1 amide bonds. The van der Waals surface area contributed by atoms with E-state index in [1.165, 1.54) is 0 Å². The number of nitrogens with zero attached hydrogens (tertiary/aromatic N) is 4. The van der Waals surface area contributed by atoms with Crippen LogP contribution in [0, 0.1) is 17.2 Å². The van der Waals surface area contributed by atoms with Gasteiger partial charge in [-0.25, -0.2) is 0 Å². The predicted octanol–water partition coefficient (Wildman–Crippen LogP) is 5.81. The van der Waals surface area contributed by atoms with Crippen molar-refractivity contribution in [3.05, 3.63) is 78.0 Å². The summed E-state index contributed by atoms with van der Waals surface area (Å²) < 4.78 is 5.94. The number of nitriles is 1. The minimum atomic E-state index is -0.216. The van der Waals surface area contributed by atoms with Gasteiger partial charge in [0.25, 0.3) is 5.91 Å². The van der Waals surface area contributed by atoms with E-state index in [1.807, 2.05) is 74.5 Å². The number of nitrogen functional groups attached to an aromatic ring is 1. The Labute approximate surface area is 221 Å². The zero-order valence-electron chi connectivity index (χ0n) is 21.5. The first-order valence-corrected chi connectivity index (χ1v) is 12.8.